The summed E-state index contributed by atoms with van der Waals surface area (Å²) in [5.74, 6) is 0.623. The SMILES string of the molecule is CCCCc1cc(Sc2ccc(Cl)cc2CC(C)C)ccc1Br. The van der Waals surface area contributed by atoms with Crippen LogP contribution in [0, 0.1) is 5.92 Å². The van der Waals surface area contributed by atoms with Gasteiger partial charge in [-0.3, -0.25) is 0 Å². The van der Waals surface area contributed by atoms with Gasteiger partial charge in [-0.2, -0.15) is 0 Å². The highest BCUT2D eigenvalue weighted by Crippen LogP contribution is 2.35. The maximum Gasteiger partial charge on any atom is 0.0409 e. The molecule has 0 heterocycles. The smallest absolute Gasteiger partial charge is 0.0409 e. The van der Waals surface area contributed by atoms with Crippen molar-refractivity contribution in [2.45, 2.75) is 56.2 Å². The van der Waals surface area contributed by atoms with Crippen molar-refractivity contribution in [2.75, 3.05) is 0 Å². The fraction of sp³-hybridized carbons (Fsp3) is 0.400. The van der Waals surface area contributed by atoms with Crippen LogP contribution in [0.25, 0.3) is 0 Å². The molecule has 0 aliphatic heterocycles. The second-order valence-electron chi connectivity index (χ2n) is 6.31. The Balaban J connectivity index is 2.25. The average Bonchev–Trinajstić information content (AvgIpc) is 2.50. The highest BCUT2D eigenvalue weighted by molar-refractivity contribution is 9.10. The lowest BCUT2D eigenvalue weighted by Crippen LogP contribution is -1.96. The fourth-order valence-electron chi connectivity index (χ4n) is 2.55. The molecule has 2 rings (SSSR count). The monoisotopic (exact) mass is 410 g/mol. The Morgan fingerprint density at radius 1 is 1.09 bits per heavy atom. The predicted molar refractivity (Wildman–Crippen MR) is 107 cm³/mol. The maximum atomic E-state index is 6.19. The van der Waals surface area contributed by atoms with Gasteiger partial charge >= 0.3 is 0 Å². The first-order valence-corrected chi connectivity index (χ1v) is 10.2. The minimum Gasteiger partial charge on any atom is -0.0898 e. The molecule has 0 N–H and O–H groups in total. The third-order valence-corrected chi connectivity index (χ3v) is 5.81. The lowest BCUT2D eigenvalue weighted by atomic mass is 10.0. The van der Waals surface area contributed by atoms with Gasteiger partial charge < -0.3 is 0 Å². The summed E-state index contributed by atoms with van der Waals surface area (Å²) in [7, 11) is 0. The van der Waals surface area contributed by atoms with Crippen LogP contribution in [0.5, 0.6) is 0 Å². The van der Waals surface area contributed by atoms with E-state index < -0.39 is 0 Å². The average molecular weight is 412 g/mol. The summed E-state index contributed by atoms with van der Waals surface area (Å²) in [5.41, 5.74) is 2.74. The zero-order valence-corrected chi connectivity index (χ0v) is 17.2. The molecule has 0 aliphatic carbocycles. The molecular weight excluding hydrogens is 388 g/mol. The molecule has 2 aromatic carbocycles. The topological polar surface area (TPSA) is 0 Å². The van der Waals surface area contributed by atoms with Crippen molar-refractivity contribution in [1.29, 1.82) is 0 Å². The molecule has 23 heavy (non-hydrogen) atoms. The summed E-state index contributed by atoms with van der Waals surface area (Å²) in [6.45, 7) is 6.73. The number of benzene rings is 2. The van der Waals surface area contributed by atoms with Crippen molar-refractivity contribution < 1.29 is 0 Å². The Labute approximate surface area is 158 Å². The number of hydrogen-bond acceptors (Lipinski definition) is 1. The molecule has 2 aromatic rings. The van der Waals surface area contributed by atoms with Gasteiger partial charge in [0.25, 0.3) is 0 Å². The van der Waals surface area contributed by atoms with E-state index in [1.54, 1.807) is 0 Å². The minimum absolute atomic E-state index is 0.623. The van der Waals surface area contributed by atoms with E-state index in [1.165, 1.54) is 38.2 Å². The molecule has 0 bridgehead atoms. The molecule has 0 aromatic heterocycles. The Morgan fingerprint density at radius 2 is 1.87 bits per heavy atom. The maximum absolute atomic E-state index is 6.19. The van der Waals surface area contributed by atoms with E-state index in [9.17, 15) is 0 Å². The van der Waals surface area contributed by atoms with E-state index in [0.717, 1.165) is 17.9 Å². The first kappa shape index (κ1) is 18.9. The van der Waals surface area contributed by atoms with Gasteiger partial charge in [0.05, 0.1) is 0 Å². The van der Waals surface area contributed by atoms with Crippen LogP contribution in [0.15, 0.2) is 50.7 Å². The molecule has 124 valence electrons. The highest BCUT2D eigenvalue weighted by Gasteiger charge is 2.09. The van der Waals surface area contributed by atoms with E-state index >= 15 is 0 Å². The van der Waals surface area contributed by atoms with Gasteiger partial charge in [0.2, 0.25) is 0 Å². The van der Waals surface area contributed by atoms with E-state index in [2.05, 4.69) is 67.0 Å². The number of rotatable bonds is 7. The van der Waals surface area contributed by atoms with Crippen molar-refractivity contribution in [3.63, 3.8) is 0 Å². The van der Waals surface area contributed by atoms with Crippen LogP contribution >= 0.6 is 39.3 Å². The van der Waals surface area contributed by atoms with E-state index in [1.807, 2.05) is 17.8 Å². The molecule has 0 unspecified atom stereocenters. The molecule has 0 nitrogen and oxygen atoms in total. The molecule has 0 saturated carbocycles. The molecule has 0 amide bonds. The van der Waals surface area contributed by atoms with Crippen LogP contribution < -0.4 is 0 Å². The van der Waals surface area contributed by atoms with E-state index in [4.69, 9.17) is 11.6 Å². The summed E-state index contributed by atoms with van der Waals surface area (Å²) in [6, 6.07) is 12.9. The summed E-state index contributed by atoms with van der Waals surface area (Å²) in [4.78, 5) is 2.61. The Kier molecular flexibility index (Phi) is 7.52. The van der Waals surface area contributed by atoms with Gasteiger partial charge in [-0.05, 0) is 72.7 Å². The molecule has 0 aliphatic rings. The van der Waals surface area contributed by atoms with Crippen molar-refractivity contribution >= 4 is 39.3 Å². The van der Waals surface area contributed by atoms with Gasteiger partial charge in [-0.15, -0.1) is 0 Å². The molecule has 0 saturated heterocycles. The minimum atomic E-state index is 0.623. The molecule has 0 spiro atoms. The van der Waals surface area contributed by atoms with Gasteiger partial charge in [-0.1, -0.05) is 66.5 Å². The summed E-state index contributed by atoms with van der Waals surface area (Å²) >= 11 is 11.7. The normalized spacial score (nSPS) is 11.2. The standard InChI is InChI=1S/C20H24BrClS/c1-4-5-6-15-13-18(8-9-19(15)21)23-20-10-7-17(22)12-16(20)11-14(2)3/h7-10,12-14H,4-6,11H2,1-3H3. The van der Waals surface area contributed by atoms with Crippen molar-refractivity contribution in [3.8, 4) is 0 Å². The Bertz CT molecular complexity index is 652. The third kappa shape index (κ3) is 5.85. The van der Waals surface area contributed by atoms with Crippen LogP contribution in [0.4, 0.5) is 0 Å². The van der Waals surface area contributed by atoms with Crippen molar-refractivity contribution in [3.05, 3.63) is 57.0 Å². The molecule has 0 fully saturated rings. The zero-order chi connectivity index (χ0) is 16.8. The third-order valence-electron chi connectivity index (χ3n) is 3.70. The second-order valence-corrected chi connectivity index (χ2v) is 8.71. The van der Waals surface area contributed by atoms with Gasteiger partial charge in [0.15, 0.2) is 0 Å². The van der Waals surface area contributed by atoms with Gasteiger partial charge in [-0.25, -0.2) is 0 Å². The van der Waals surface area contributed by atoms with E-state index in [0.29, 0.717) is 5.92 Å². The van der Waals surface area contributed by atoms with Crippen LogP contribution in [-0.4, -0.2) is 0 Å². The second kappa shape index (κ2) is 9.15. The molecule has 0 atom stereocenters. The predicted octanol–water partition coefficient (Wildman–Crippen LogP) is 7.79. The number of halogens is 2. The summed E-state index contributed by atoms with van der Waals surface area (Å²) < 4.78 is 1.22. The van der Waals surface area contributed by atoms with Gasteiger partial charge in [0, 0.05) is 19.3 Å². The lowest BCUT2D eigenvalue weighted by molar-refractivity contribution is 0.640. The molecule has 0 radical (unpaired) electrons. The first-order chi connectivity index (χ1) is 11.0. The largest absolute Gasteiger partial charge is 0.0898 e. The first-order valence-electron chi connectivity index (χ1n) is 8.24. The summed E-state index contributed by atoms with van der Waals surface area (Å²) in [5, 5.41) is 0.824. The molecular formula is C20H24BrClS. The Hall–Kier alpha value is -0.440. The zero-order valence-electron chi connectivity index (χ0n) is 14.0. The van der Waals surface area contributed by atoms with Gasteiger partial charge in [0.1, 0.15) is 0 Å². The number of hydrogen-bond donors (Lipinski definition) is 0. The van der Waals surface area contributed by atoms with Crippen LogP contribution in [0.1, 0.15) is 44.7 Å². The van der Waals surface area contributed by atoms with Crippen molar-refractivity contribution in [1.82, 2.24) is 0 Å². The van der Waals surface area contributed by atoms with Crippen LogP contribution in [-0.2, 0) is 12.8 Å². The highest BCUT2D eigenvalue weighted by atomic mass is 79.9. The Morgan fingerprint density at radius 3 is 2.57 bits per heavy atom. The quantitative estimate of drug-likeness (QED) is 0.448. The number of unbranched alkanes of at least 4 members (excludes halogenated alkanes) is 1. The van der Waals surface area contributed by atoms with E-state index in [-0.39, 0.29) is 0 Å². The number of aryl methyl sites for hydroxylation is 1. The molecule has 3 heteroatoms. The van der Waals surface area contributed by atoms with Crippen LogP contribution in [0.2, 0.25) is 5.02 Å². The summed E-state index contributed by atoms with van der Waals surface area (Å²) in [6.07, 6.45) is 4.64. The van der Waals surface area contributed by atoms with Crippen LogP contribution in [0.3, 0.4) is 0 Å². The van der Waals surface area contributed by atoms with Crippen molar-refractivity contribution in [2.24, 2.45) is 5.92 Å². The fourth-order valence-corrected chi connectivity index (χ4v) is 4.19. The lowest BCUT2D eigenvalue weighted by Gasteiger charge is -2.13.